The molecule has 1 fully saturated rings. The number of imidazole rings is 1. The third-order valence-electron chi connectivity index (χ3n) is 6.46. The maximum atomic E-state index is 13.6. The molecular weight excluding hydrogens is 412 g/mol. The number of likely N-dealkylation sites (N-methyl/N-ethyl adjacent to an activating group) is 1. The van der Waals surface area contributed by atoms with Gasteiger partial charge in [-0.15, -0.1) is 0 Å². The Morgan fingerprint density at radius 2 is 1.73 bits per heavy atom. The minimum absolute atomic E-state index is 0.0311. The third-order valence-corrected chi connectivity index (χ3v) is 6.46. The number of carbonyl (C=O) groups is 2. The monoisotopic (exact) mass is 438 g/mol. The SMILES string of the molecule is CN1CCN(C(=O)c2ccc3c(c2)ncn3C)C(Cc2ccccc2-c2ccccc2)C1=O. The molecule has 1 aliphatic rings. The van der Waals surface area contributed by atoms with Crippen molar-refractivity contribution in [2.75, 3.05) is 20.1 Å². The molecule has 0 aliphatic carbocycles. The van der Waals surface area contributed by atoms with Gasteiger partial charge in [-0.1, -0.05) is 54.6 Å². The molecule has 1 aliphatic heterocycles. The van der Waals surface area contributed by atoms with Gasteiger partial charge < -0.3 is 14.4 Å². The molecule has 4 aromatic rings. The standard InChI is InChI=1S/C27H26N4O2/c1-29-14-15-31(26(32)21-12-13-24-23(16-21)28-18-30(24)2)25(27(29)33)17-20-10-6-7-11-22(20)19-8-4-3-5-9-19/h3-13,16,18,25H,14-15,17H2,1-2H3. The Morgan fingerprint density at radius 3 is 2.55 bits per heavy atom. The van der Waals surface area contributed by atoms with E-state index in [1.807, 2.05) is 66.2 Å². The predicted molar refractivity (Wildman–Crippen MR) is 129 cm³/mol. The Hall–Kier alpha value is -3.93. The predicted octanol–water partition coefficient (Wildman–Crippen LogP) is 3.77. The summed E-state index contributed by atoms with van der Waals surface area (Å²) in [6, 6.07) is 23.3. The van der Waals surface area contributed by atoms with Crippen LogP contribution in [-0.2, 0) is 18.3 Å². The highest BCUT2D eigenvalue weighted by atomic mass is 16.2. The fraction of sp³-hybridized carbons (Fsp3) is 0.222. The molecule has 0 N–H and O–H groups in total. The first-order valence-electron chi connectivity index (χ1n) is 11.1. The van der Waals surface area contributed by atoms with E-state index in [0.717, 1.165) is 27.7 Å². The van der Waals surface area contributed by atoms with Crippen LogP contribution in [-0.4, -0.2) is 57.3 Å². The summed E-state index contributed by atoms with van der Waals surface area (Å²) in [5.74, 6) is -0.164. The van der Waals surface area contributed by atoms with Gasteiger partial charge in [-0.3, -0.25) is 9.59 Å². The Labute approximate surface area is 193 Å². The highest BCUT2D eigenvalue weighted by Crippen LogP contribution is 2.27. The van der Waals surface area contributed by atoms with Gasteiger partial charge in [0.2, 0.25) is 5.91 Å². The second kappa shape index (κ2) is 8.54. The zero-order chi connectivity index (χ0) is 22.9. The number of rotatable bonds is 4. The molecule has 2 amide bonds. The number of nitrogens with zero attached hydrogens (tertiary/aromatic N) is 4. The minimum atomic E-state index is -0.555. The molecule has 33 heavy (non-hydrogen) atoms. The van der Waals surface area contributed by atoms with Gasteiger partial charge in [-0.05, 0) is 34.9 Å². The fourth-order valence-corrected chi connectivity index (χ4v) is 4.59. The highest BCUT2D eigenvalue weighted by Gasteiger charge is 2.36. The van der Waals surface area contributed by atoms with Crippen LogP contribution in [0.2, 0.25) is 0 Å². The summed E-state index contributed by atoms with van der Waals surface area (Å²) in [5, 5.41) is 0. The Balaban J connectivity index is 1.49. The topological polar surface area (TPSA) is 58.4 Å². The molecule has 0 spiro atoms. The van der Waals surface area contributed by atoms with Gasteiger partial charge in [-0.2, -0.15) is 0 Å². The first-order chi connectivity index (χ1) is 16.0. The zero-order valence-electron chi connectivity index (χ0n) is 18.8. The summed E-state index contributed by atoms with van der Waals surface area (Å²) in [7, 11) is 3.73. The summed E-state index contributed by atoms with van der Waals surface area (Å²) in [5.41, 5.74) is 5.53. The lowest BCUT2D eigenvalue weighted by atomic mass is 9.93. The van der Waals surface area contributed by atoms with Crippen molar-refractivity contribution in [3.05, 3.63) is 90.3 Å². The Morgan fingerprint density at radius 1 is 0.970 bits per heavy atom. The molecule has 6 nitrogen and oxygen atoms in total. The number of hydrogen-bond acceptors (Lipinski definition) is 3. The number of aryl methyl sites for hydroxylation is 1. The van der Waals surface area contributed by atoms with Gasteiger partial charge in [-0.25, -0.2) is 4.98 Å². The van der Waals surface area contributed by atoms with Crippen LogP contribution in [0.25, 0.3) is 22.2 Å². The average Bonchev–Trinajstić information content (AvgIpc) is 3.22. The van der Waals surface area contributed by atoms with E-state index in [1.54, 1.807) is 23.2 Å². The van der Waals surface area contributed by atoms with Crippen molar-refractivity contribution < 1.29 is 9.59 Å². The highest BCUT2D eigenvalue weighted by molar-refractivity contribution is 6.00. The van der Waals surface area contributed by atoms with E-state index in [-0.39, 0.29) is 11.8 Å². The van der Waals surface area contributed by atoms with E-state index in [0.29, 0.717) is 25.1 Å². The quantitative estimate of drug-likeness (QED) is 0.487. The summed E-state index contributed by atoms with van der Waals surface area (Å²) < 4.78 is 1.92. The second-order valence-corrected chi connectivity index (χ2v) is 8.56. The van der Waals surface area contributed by atoms with E-state index in [9.17, 15) is 9.59 Å². The summed E-state index contributed by atoms with van der Waals surface area (Å²) in [4.78, 5) is 34.7. The van der Waals surface area contributed by atoms with Crippen molar-refractivity contribution in [1.29, 1.82) is 0 Å². The molecule has 2 heterocycles. The zero-order valence-corrected chi connectivity index (χ0v) is 18.8. The first kappa shape index (κ1) is 20.9. The van der Waals surface area contributed by atoms with Crippen molar-refractivity contribution in [2.24, 2.45) is 7.05 Å². The number of hydrogen-bond donors (Lipinski definition) is 0. The summed E-state index contributed by atoms with van der Waals surface area (Å²) in [6.45, 7) is 1.02. The van der Waals surface area contributed by atoms with Gasteiger partial charge in [0.25, 0.3) is 5.91 Å². The fourth-order valence-electron chi connectivity index (χ4n) is 4.59. The van der Waals surface area contributed by atoms with Crippen molar-refractivity contribution in [1.82, 2.24) is 19.4 Å². The molecule has 6 heteroatoms. The molecule has 3 aromatic carbocycles. The van der Waals surface area contributed by atoms with Crippen molar-refractivity contribution in [3.63, 3.8) is 0 Å². The number of fused-ring (bicyclic) bond motifs is 1. The molecule has 0 saturated carbocycles. The maximum Gasteiger partial charge on any atom is 0.254 e. The van der Waals surface area contributed by atoms with Crippen LogP contribution in [0.3, 0.4) is 0 Å². The van der Waals surface area contributed by atoms with Gasteiger partial charge in [0.05, 0.1) is 17.4 Å². The second-order valence-electron chi connectivity index (χ2n) is 8.56. The minimum Gasteiger partial charge on any atom is -0.342 e. The van der Waals surface area contributed by atoms with Crippen molar-refractivity contribution in [2.45, 2.75) is 12.5 Å². The molecule has 1 aromatic heterocycles. The smallest absolute Gasteiger partial charge is 0.254 e. The maximum absolute atomic E-state index is 13.6. The third kappa shape index (κ3) is 3.89. The molecule has 1 atom stereocenters. The van der Waals surface area contributed by atoms with Crippen molar-refractivity contribution in [3.8, 4) is 11.1 Å². The van der Waals surface area contributed by atoms with Gasteiger partial charge in [0, 0.05) is 39.2 Å². The van der Waals surface area contributed by atoms with E-state index < -0.39 is 6.04 Å². The van der Waals surface area contributed by atoms with Crippen LogP contribution in [0.4, 0.5) is 0 Å². The molecule has 1 unspecified atom stereocenters. The van der Waals surface area contributed by atoms with E-state index in [2.05, 4.69) is 23.2 Å². The van der Waals surface area contributed by atoms with Crippen LogP contribution in [0, 0.1) is 0 Å². The number of piperazine rings is 1. The van der Waals surface area contributed by atoms with Crippen LogP contribution in [0.5, 0.6) is 0 Å². The van der Waals surface area contributed by atoms with Gasteiger partial charge in [0.15, 0.2) is 0 Å². The van der Waals surface area contributed by atoms with Crippen LogP contribution >= 0.6 is 0 Å². The van der Waals surface area contributed by atoms with E-state index in [1.165, 1.54) is 0 Å². The molecule has 0 radical (unpaired) electrons. The lowest BCUT2D eigenvalue weighted by Gasteiger charge is -2.39. The molecule has 1 saturated heterocycles. The first-order valence-corrected chi connectivity index (χ1v) is 11.1. The normalized spacial score (nSPS) is 16.4. The number of benzene rings is 3. The van der Waals surface area contributed by atoms with Gasteiger partial charge in [0.1, 0.15) is 6.04 Å². The summed E-state index contributed by atoms with van der Waals surface area (Å²) >= 11 is 0. The van der Waals surface area contributed by atoms with Crippen LogP contribution in [0.15, 0.2) is 79.1 Å². The molecular formula is C27H26N4O2. The largest absolute Gasteiger partial charge is 0.342 e. The van der Waals surface area contributed by atoms with Crippen LogP contribution in [0.1, 0.15) is 15.9 Å². The van der Waals surface area contributed by atoms with E-state index >= 15 is 0 Å². The number of amides is 2. The number of carbonyl (C=O) groups excluding carboxylic acids is 2. The lowest BCUT2D eigenvalue weighted by molar-refractivity contribution is -0.138. The van der Waals surface area contributed by atoms with Gasteiger partial charge >= 0.3 is 0 Å². The molecule has 5 rings (SSSR count). The number of aromatic nitrogens is 2. The summed E-state index contributed by atoms with van der Waals surface area (Å²) in [6.07, 6.45) is 2.20. The van der Waals surface area contributed by atoms with E-state index in [4.69, 9.17) is 0 Å². The average molecular weight is 439 g/mol. The Kier molecular flexibility index (Phi) is 5.42. The lowest BCUT2D eigenvalue weighted by Crippen LogP contribution is -2.58. The molecule has 166 valence electrons. The van der Waals surface area contributed by atoms with Crippen molar-refractivity contribution >= 4 is 22.8 Å². The Bertz CT molecular complexity index is 1330. The molecule has 0 bridgehead atoms. The van der Waals surface area contributed by atoms with Crippen LogP contribution < -0.4 is 0 Å².